The first kappa shape index (κ1) is 23.0. The smallest absolute Gasteiger partial charge is 0.310 e. The Kier molecular flexibility index (Phi) is 7.20. The van der Waals surface area contributed by atoms with Crippen LogP contribution in [0.2, 0.25) is 0 Å². The molecule has 2 rings (SSSR count). The van der Waals surface area contributed by atoms with Crippen molar-refractivity contribution >= 4 is 24.7 Å². The molecule has 1 unspecified atom stereocenters. The Balaban J connectivity index is 2.42. The van der Waals surface area contributed by atoms with Gasteiger partial charge in [0.2, 0.25) is 7.37 Å². The molecule has 0 bridgehead atoms. The summed E-state index contributed by atoms with van der Waals surface area (Å²) in [5.74, 6) is -1.40. The zero-order valence-corrected chi connectivity index (χ0v) is 17.7. The van der Waals surface area contributed by atoms with Crippen molar-refractivity contribution in [1.29, 1.82) is 0 Å². The van der Waals surface area contributed by atoms with Gasteiger partial charge in [0.1, 0.15) is 6.42 Å². The van der Waals surface area contributed by atoms with Crippen LogP contribution >= 0.6 is 7.37 Å². The summed E-state index contributed by atoms with van der Waals surface area (Å²) >= 11 is 0. The van der Waals surface area contributed by atoms with Crippen LogP contribution in [-0.2, 0) is 14.2 Å². The lowest BCUT2D eigenvalue weighted by Crippen LogP contribution is -2.19. The predicted molar refractivity (Wildman–Crippen MR) is 109 cm³/mol. The van der Waals surface area contributed by atoms with Crippen molar-refractivity contribution in [3.8, 4) is 5.75 Å². The standard InChI is InChI=1S/C21H26FO6P/c1-21(2)9-4-5-16(14-6-7-19(28-3)18(22)11-14)17(21)8-10-29(26,27)13-15(23)12-20(24)25/h6-8,10-11H,4-5,9,12-13H2,1-3H3,(H,24,25)(H,26,27). The van der Waals surface area contributed by atoms with Gasteiger partial charge in [-0.15, -0.1) is 0 Å². The monoisotopic (exact) mass is 424 g/mol. The number of allylic oxidation sites excluding steroid dienone is 3. The van der Waals surface area contributed by atoms with E-state index in [9.17, 15) is 23.4 Å². The van der Waals surface area contributed by atoms with Crippen LogP contribution in [0.3, 0.4) is 0 Å². The van der Waals surface area contributed by atoms with Gasteiger partial charge in [-0.2, -0.15) is 0 Å². The van der Waals surface area contributed by atoms with Crippen molar-refractivity contribution in [1.82, 2.24) is 0 Å². The van der Waals surface area contributed by atoms with Gasteiger partial charge in [0.15, 0.2) is 17.3 Å². The number of ketones is 1. The molecular formula is C21H26FO6P. The van der Waals surface area contributed by atoms with E-state index in [1.165, 1.54) is 19.3 Å². The van der Waals surface area contributed by atoms with Crippen LogP contribution in [0.1, 0.15) is 45.1 Å². The fourth-order valence-electron chi connectivity index (χ4n) is 3.59. The second kappa shape index (κ2) is 9.06. The maximum Gasteiger partial charge on any atom is 0.310 e. The third kappa shape index (κ3) is 6.12. The van der Waals surface area contributed by atoms with E-state index >= 15 is 0 Å². The van der Waals surface area contributed by atoms with Crippen LogP contribution in [0.25, 0.3) is 5.57 Å². The first-order valence-corrected chi connectivity index (χ1v) is 11.2. The average molecular weight is 424 g/mol. The van der Waals surface area contributed by atoms with Gasteiger partial charge in [0.25, 0.3) is 0 Å². The molecule has 1 aliphatic carbocycles. The second-order valence-electron chi connectivity index (χ2n) is 7.82. The molecule has 0 fully saturated rings. The molecule has 2 N–H and O–H groups in total. The molecule has 0 spiro atoms. The highest BCUT2D eigenvalue weighted by Gasteiger charge is 2.30. The number of Topliss-reactive ketones (excluding diaryl/α,β-unsaturated/α-hetero) is 1. The summed E-state index contributed by atoms with van der Waals surface area (Å²) in [5.41, 5.74) is 2.03. The number of carbonyl (C=O) groups excluding carboxylic acids is 1. The van der Waals surface area contributed by atoms with E-state index < -0.39 is 37.5 Å². The maximum absolute atomic E-state index is 14.2. The number of rotatable bonds is 8. The normalized spacial score (nSPS) is 18.5. The lowest BCUT2D eigenvalue weighted by molar-refractivity contribution is -0.139. The SMILES string of the molecule is COc1ccc(C2=C(C=CP(=O)(O)CC(=O)CC(=O)O)C(C)(C)CCC2)cc1F. The zero-order valence-electron chi connectivity index (χ0n) is 16.8. The number of methoxy groups -OCH3 is 1. The number of carbonyl (C=O) groups is 2. The van der Waals surface area contributed by atoms with E-state index in [-0.39, 0.29) is 11.2 Å². The summed E-state index contributed by atoms with van der Waals surface area (Å²) in [6, 6.07) is 4.68. The molecule has 0 radical (unpaired) electrons. The Hall–Kier alpha value is -2.24. The summed E-state index contributed by atoms with van der Waals surface area (Å²) in [7, 11) is -2.60. The van der Waals surface area contributed by atoms with Crippen LogP contribution in [0.4, 0.5) is 4.39 Å². The van der Waals surface area contributed by atoms with E-state index in [1.807, 2.05) is 13.8 Å². The lowest BCUT2D eigenvalue weighted by Gasteiger charge is -2.34. The number of aliphatic carboxylic acids is 1. The molecule has 1 aromatic carbocycles. The van der Waals surface area contributed by atoms with Gasteiger partial charge in [-0.3, -0.25) is 14.2 Å². The van der Waals surface area contributed by atoms with Crippen LogP contribution in [-0.4, -0.2) is 35.0 Å². The summed E-state index contributed by atoms with van der Waals surface area (Å²) in [5, 5.41) is 8.65. The highest BCUT2D eigenvalue weighted by atomic mass is 31.2. The predicted octanol–water partition coefficient (Wildman–Crippen LogP) is 4.63. The number of ether oxygens (including phenoxy) is 1. The van der Waals surface area contributed by atoms with E-state index in [0.717, 1.165) is 29.8 Å². The van der Waals surface area contributed by atoms with Crippen LogP contribution in [0.5, 0.6) is 5.75 Å². The minimum absolute atomic E-state index is 0.137. The first-order chi connectivity index (χ1) is 13.4. The van der Waals surface area contributed by atoms with Crippen molar-refractivity contribution in [3.63, 3.8) is 0 Å². The van der Waals surface area contributed by atoms with Crippen molar-refractivity contribution in [2.24, 2.45) is 5.41 Å². The Labute approximate surface area is 169 Å². The Morgan fingerprint density at radius 1 is 1.34 bits per heavy atom. The van der Waals surface area contributed by atoms with Crippen molar-refractivity contribution in [2.45, 2.75) is 39.5 Å². The summed E-state index contributed by atoms with van der Waals surface area (Å²) in [6.07, 6.45) is 2.44. The number of carboxylic acid groups (broad SMARTS) is 1. The molecule has 0 amide bonds. The fourth-order valence-corrected chi connectivity index (χ4v) is 4.69. The molecule has 158 valence electrons. The minimum Gasteiger partial charge on any atom is -0.494 e. The minimum atomic E-state index is -3.99. The van der Waals surface area contributed by atoms with Gasteiger partial charge in [-0.05, 0) is 53.5 Å². The van der Waals surface area contributed by atoms with Gasteiger partial charge in [0, 0.05) is 5.82 Å². The zero-order chi connectivity index (χ0) is 21.8. The number of carboxylic acids is 1. The first-order valence-electron chi connectivity index (χ1n) is 9.27. The summed E-state index contributed by atoms with van der Waals surface area (Å²) in [4.78, 5) is 32.3. The Morgan fingerprint density at radius 2 is 2.03 bits per heavy atom. The Bertz CT molecular complexity index is 916. The third-order valence-electron chi connectivity index (χ3n) is 5.01. The van der Waals surface area contributed by atoms with Crippen LogP contribution < -0.4 is 4.74 Å². The largest absolute Gasteiger partial charge is 0.494 e. The highest BCUT2D eigenvalue weighted by Crippen LogP contribution is 2.48. The highest BCUT2D eigenvalue weighted by molar-refractivity contribution is 7.62. The van der Waals surface area contributed by atoms with Crippen molar-refractivity contribution in [2.75, 3.05) is 13.3 Å². The lowest BCUT2D eigenvalue weighted by atomic mass is 9.71. The van der Waals surface area contributed by atoms with Crippen molar-refractivity contribution < 1.29 is 33.3 Å². The topological polar surface area (TPSA) is 101 Å². The maximum atomic E-state index is 14.2. The van der Waals surface area contributed by atoms with Crippen LogP contribution in [0, 0.1) is 11.2 Å². The van der Waals surface area contributed by atoms with Gasteiger partial charge in [-0.25, -0.2) is 4.39 Å². The van der Waals surface area contributed by atoms with Crippen LogP contribution in [0.15, 0.2) is 35.7 Å². The molecule has 1 aliphatic rings. The summed E-state index contributed by atoms with van der Waals surface area (Å²) in [6.45, 7) is 4.01. The molecule has 0 saturated heterocycles. The molecule has 1 atom stereocenters. The number of hydrogen-bond acceptors (Lipinski definition) is 4. The van der Waals surface area contributed by atoms with E-state index in [1.54, 1.807) is 12.1 Å². The number of hydrogen-bond donors (Lipinski definition) is 2. The second-order valence-corrected chi connectivity index (χ2v) is 9.94. The molecule has 0 saturated carbocycles. The quantitative estimate of drug-likeness (QED) is 0.466. The van der Waals surface area contributed by atoms with E-state index in [0.29, 0.717) is 12.0 Å². The molecule has 0 aromatic heterocycles. The molecule has 8 heteroatoms. The number of halogens is 1. The number of benzene rings is 1. The van der Waals surface area contributed by atoms with Gasteiger partial charge < -0.3 is 14.7 Å². The molecular weight excluding hydrogens is 398 g/mol. The summed E-state index contributed by atoms with van der Waals surface area (Å²) < 4.78 is 31.6. The average Bonchev–Trinajstić information content (AvgIpc) is 2.58. The molecule has 0 aliphatic heterocycles. The van der Waals surface area contributed by atoms with Crippen molar-refractivity contribution in [3.05, 3.63) is 47.0 Å². The van der Waals surface area contributed by atoms with Gasteiger partial charge in [0.05, 0.1) is 13.3 Å². The van der Waals surface area contributed by atoms with Gasteiger partial charge >= 0.3 is 5.97 Å². The van der Waals surface area contributed by atoms with Gasteiger partial charge in [-0.1, -0.05) is 26.0 Å². The Morgan fingerprint density at radius 3 is 2.62 bits per heavy atom. The van der Waals surface area contributed by atoms with E-state index in [2.05, 4.69) is 0 Å². The third-order valence-corrected chi connectivity index (χ3v) is 6.43. The fraction of sp³-hybridized carbons (Fsp3) is 0.429. The molecule has 1 aromatic rings. The molecule has 29 heavy (non-hydrogen) atoms. The van der Waals surface area contributed by atoms with E-state index in [4.69, 9.17) is 9.84 Å². The molecule has 0 heterocycles. The molecule has 6 nitrogen and oxygen atoms in total.